The zero-order valence-corrected chi connectivity index (χ0v) is 20.9. The van der Waals surface area contributed by atoms with Gasteiger partial charge >= 0.3 is 6.16 Å². The monoisotopic (exact) mass is 492 g/mol. The van der Waals surface area contributed by atoms with Gasteiger partial charge in [0.25, 0.3) is 5.95 Å². The summed E-state index contributed by atoms with van der Waals surface area (Å²) < 4.78 is 22.5. The van der Waals surface area contributed by atoms with Crippen LogP contribution < -0.4 is 4.74 Å². The Hall–Kier alpha value is -3.78. The van der Waals surface area contributed by atoms with Crippen LogP contribution in [0.25, 0.3) is 16.9 Å². The van der Waals surface area contributed by atoms with Crippen molar-refractivity contribution in [2.45, 2.75) is 51.2 Å². The fourth-order valence-corrected chi connectivity index (χ4v) is 4.35. The van der Waals surface area contributed by atoms with Crippen molar-refractivity contribution in [1.82, 2.24) is 9.78 Å². The van der Waals surface area contributed by atoms with Gasteiger partial charge < -0.3 is 24.1 Å². The van der Waals surface area contributed by atoms with E-state index in [0.717, 1.165) is 22.7 Å². The second-order valence-electron chi connectivity index (χ2n) is 8.90. The van der Waals surface area contributed by atoms with Crippen LogP contribution in [0.5, 0.6) is 5.75 Å². The molecule has 0 unspecified atom stereocenters. The van der Waals surface area contributed by atoms with Gasteiger partial charge in [0.2, 0.25) is 0 Å². The van der Waals surface area contributed by atoms with Gasteiger partial charge in [0.1, 0.15) is 17.5 Å². The molecule has 0 spiro atoms. The molecule has 1 N–H and O–H groups in total. The van der Waals surface area contributed by atoms with Crippen LogP contribution in [-0.2, 0) is 19.8 Å². The van der Waals surface area contributed by atoms with Crippen LogP contribution in [0.1, 0.15) is 43.9 Å². The van der Waals surface area contributed by atoms with Gasteiger partial charge in [-0.15, -0.1) is 0 Å². The lowest BCUT2D eigenvalue weighted by atomic mass is 9.81. The van der Waals surface area contributed by atoms with E-state index in [0.29, 0.717) is 31.4 Å². The van der Waals surface area contributed by atoms with Crippen molar-refractivity contribution in [3.63, 3.8) is 0 Å². The summed E-state index contributed by atoms with van der Waals surface area (Å²) in [6.07, 6.45) is 0.915. The van der Waals surface area contributed by atoms with Crippen LogP contribution in [0.15, 0.2) is 67.1 Å². The zero-order valence-electron chi connectivity index (χ0n) is 20.9. The number of hydrogen-bond donors (Lipinski definition) is 1. The first-order valence-electron chi connectivity index (χ1n) is 12.1. The van der Waals surface area contributed by atoms with Crippen molar-refractivity contribution < 1.29 is 28.8 Å². The summed E-state index contributed by atoms with van der Waals surface area (Å²) in [4.78, 5) is 11.5. The van der Waals surface area contributed by atoms with Gasteiger partial charge in [0.15, 0.2) is 0 Å². The predicted molar refractivity (Wildman–Crippen MR) is 135 cm³/mol. The van der Waals surface area contributed by atoms with Crippen LogP contribution in [0.2, 0.25) is 0 Å². The highest BCUT2D eigenvalue weighted by molar-refractivity contribution is 5.63. The molecule has 190 valence electrons. The Morgan fingerprint density at radius 1 is 1.14 bits per heavy atom. The number of aliphatic hydroxyl groups is 1. The maximum atomic E-state index is 11.6. The molecule has 4 rings (SSSR count). The molecule has 1 heterocycles. The predicted octanol–water partition coefficient (Wildman–Crippen LogP) is 5.65. The minimum atomic E-state index is -1.11. The average Bonchev–Trinajstić information content (AvgIpc) is 3.32. The molecule has 1 aliphatic carbocycles. The summed E-state index contributed by atoms with van der Waals surface area (Å²) in [5.74, 6) is 0.655. The number of ether oxygens (including phenoxy) is 4. The minimum absolute atomic E-state index is 0.102. The highest BCUT2D eigenvalue weighted by Gasteiger charge is 2.38. The maximum absolute atomic E-state index is 11.6. The SMILES string of the molecule is C=C(OC(=O)OCC)OC1CCC(O)(c2cc(-c3ccc(C)cc3)n(-c3ccc(OC)cc3)n2)CC1. The first kappa shape index (κ1) is 25.3. The Kier molecular flexibility index (Phi) is 7.64. The smallest absolute Gasteiger partial charge is 0.497 e. The largest absolute Gasteiger partial charge is 0.516 e. The van der Waals surface area contributed by atoms with Crippen molar-refractivity contribution in [2.24, 2.45) is 0 Å². The Morgan fingerprint density at radius 2 is 1.81 bits per heavy atom. The van der Waals surface area contributed by atoms with Crippen LogP contribution >= 0.6 is 0 Å². The van der Waals surface area contributed by atoms with E-state index in [1.807, 2.05) is 41.9 Å². The molecule has 8 nitrogen and oxygen atoms in total. The van der Waals surface area contributed by atoms with Crippen molar-refractivity contribution >= 4 is 6.16 Å². The number of nitrogens with zero attached hydrogens (tertiary/aromatic N) is 2. The first-order valence-corrected chi connectivity index (χ1v) is 12.1. The Bertz CT molecular complexity index is 1190. The van der Waals surface area contributed by atoms with Gasteiger partial charge in [-0.2, -0.15) is 5.10 Å². The molecule has 1 aliphatic rings. The van der Waals surface area contributed by atoms with Crippen molar-refractivity contribution in [3.05, 3.63) is 78.4 Å². The molecule has 1 aromatic heterocycles. The molecule has 0 radical (unpaired) electrons. The fraction of sp³-hybridized carbons (Fsp3) is 0.357. The lowest BCUT2D eigenvalue weighted by Crippen LogP contribution is -2.35. The van der Waals surface area contributed by atoms with Gasteiger partial charge in [-0.1, -0.05) is 29.8 Å². The van der Waals surface area contributed by atoms with Gasteiger partial charge in [-0.3, -0.25) is 0 Å². The van der Waals surface area contributed by atoms with Crippen molar-refractivity contribution in [1.29, 1.82) is 0 Å². The number of hydrogen-bond acceptors (Lipinski definition) is 7. The summed E-state index contributed by atoms with van der Waals surface area (Å²) in [5.41, 5.74) is 3.42. The standard InChI is InChI=1S/C28H32N2O6/c1-5-34-27(31)36-20(3)35-24-14-16-28(32,17-15-24)26-18-25(21-8-6-19(2)7-9-21)30(29-26)22-10-12-23(33-4)13-11-22/h6-13,18,24,32H,3,5,14-17H2,1-2,4H3. The molecular formula is C28H32N2O6. The van der Waals surface area contributed by atoms with Crippen LogP contribution in [0.3, 0.4) is 0 Å². The minimum Gasteiger partial charge on any atom is -0.497 e. The molecule has 1 fully saturated rings. The third-order valence-electron chi connectivity index (χ3n) is 6.37. The number of aryl methyl sites for hydroxylation is 1. The topological polar surface area (TPSA) is 92.0 Å². The number of carbonyl (C=O) groups is 1. The van der Waals surface area contributed by atoms with Gasteiger partial charge in [0.05, 0.1) is 30.8 Å². The molecule has 2 aromatic carbocycles. The molecule has 0 bridgehead atoms. The molecular weight excluding hydrogens is 460 g/mol. The molecule has 0 saturated heterocycles. The fourth-order valence-electron chi connectivity index (χ4n) is 4.35. The Morgan fingerprint density at radius 3 is 2.42 bits per heavy atom. The lowest BCUT2D eigenvalue weighted by Gasteiger charge is -2.34. The lowest BCUT2D eigenvalue weighted by molar-refractivity contribution is -0.0699. The number of benzene rings is 2. The number of aromatic nitrogens is 2. The summed E-state index contributed by atoms with van der Waals surface area (Å²) in [5, 5.41) is 16.4. The maximum Gasteiger partial charge on any atom is 0.516 e. The second kappa shape index (κ2) is 10.9. The van der Waals surface area contributed by atoms with Gasteiger partial charge in [-0.25, -0.2) is 9.48 Å². The summed E-state index contributed by atoms with van der Waals surface area (Å²) >= 11 is 0. The second-order valence-corrected chi connectivity index (χ2v) is 8.90. The Balaban J connectivity index is 1.55. The van der Waals surface area contributed by atoms with Gasteiger partial charge in [0, 0.05) is 5.56 Å². The molecule has 0 amide bonds. The van der Waals surface area contributed by atoms with Crippen LogP contribution in [0.4, 0.5) is 4.79 Å². The van der Waals surface area contributed by atoms with E-state index in [9.17, 15) is 9.90 Å². The third-order valence-corrected chi connectivity index (χ3v) is 6.37. The molecule has 0 atom stereocenters. The molecule has 36 heavy (non-hydrogen) atoms. The molecule has 0 aliphatic heterocycles. The van der Waals surface area contributed by atoms with Gasteiger partial charge in [-0.05, 0) is 76.4 Å². The van der Waals surface area contributed by atoms with E-state index in [1.165, 1.54) is 5.56 Å². The van der Waals surface area contributed by atoms with E-state index >= 15 is 0 Å². The first-order chi connectivity index (χ1) is 17.3. The van der Waals surface area contributed by atoms with Crippen LogP contribution in [-0.4, -0.2) is 40.9 Å². The average molecular weight is 493 g/mol. The third kappa shape index (κ3) is 5.71. The number of rotatable bonds is 8. The van der Waals surface area contributed by atoms with E-state index in [-0.39, 0.29) is 18.7 Å². The zero-order chi connectivity index (χ0) is 25.7. The summed E-state index contributed by atoms with van der Waals surface area (Å²) in [7, 11) is 1.63. The van der Waals surface area contributed by atoms with E-state index in [2.05, 4.69) is 30.8 Å². The Labute approximate surface area is 211 Å². The van der Waals surface area contributed by atoms with Crippen molar-refractivity contribution in [2.75, 3.05) is 13.7 Å². The highest BCUT2D eigenvalue weighted by atomic mass is 16.8. The van der Waals surface area contributed by atoms with E-state index < -0.39 is 11.8 Å². The molecule has 8 heteroatoms. The number of carbonyl (C=O) groups excluding carboxylic acids is 1. The quantitative estimate of drug-likeness (QED) is 0.321. The molecule has 1 saturated carbocycles. The van der Waals surface area contributed by atoms with E-state index in [4.69, 9.17) is 24.0 Å². The van der Waals surface area contributed by atoms with Crippen molar-refractivity contribution in [3.8, 4) is 22.7 Å². The summed E-state index contributed by atoms with van der Waals surface area (Å²) in [6.45, 7) is 7.57. The normalized spacial score (nSPS) is 19.4. The summed E-state index contributed by atoms with van der Waals surface area (Å²) in [6, 6.07) is 17.8. The number of methoxy groups -OCH3 is 1. The molecule has 3 aromatic rings. The van der Waals surface area contributed by atoms with E-state index in [1.54, 1.807) is 14.0 Å². The van der Waals surface area contributed by atoms with Crippen LogP contribution in [0, 0.1) is 6.92 Å². The highest BCUT2D eigenvalue weighted by Crippen LogP contribution is 2.40.